The van der Waals surface area contributed by atoms with E-state index < -0.39 is 11.8 Å². The molecule has 2 amide bonds. The molecule has 0 spiro atoms. The van der Waals surface area contributed by atoms with Gasteiger partial charge in [-0.1, -0.05) is 13.0 Å². The molecular formula is C16H22N2O2. The fraction of sp³-hybridized carbons (Fsp3) is 0.500. The van der Waals surface area contributed by atoms with Gasteiger partial charge in [0.25, 0.3) is 0 Å². The molecule has 1 unspecified atom stereocenters. The molecule has 0 bridgehead atoms. The Bertz CT molecular complexity index is 505. The second-order valence-electron chi connectivity index (χ2n) is 5.83. The summed E-state index contributed by atoms with van der Waals surface area (Å²) in [4.78, 5) is 25.8. The van der Waals surface area contributed by atoms with E-state index in [4.69, 9.17) is 0 Å². The lowest BCUT2D eigenvalue weighted by Gasteiger charge is -2.30. The van der Waals surface area contributed by atoms with Crippen molar-refractivity contribution in [3.8, 4) is 0 Å². The van der Waals surface area contributed by atoms with Gasteiger partial charge in [0.05, 0.1) is 0 Å². The van der Waals surface area contributed by atoms with E-state index in [1.807, 2.05) is 32.0 Å². The monoisotopic (exact) mass is 274 g/mol. The number of aryl methyl sites for hydroxylation is 2. The van der Waals surface area contributed by atoms with Crippen LogP contribution >= 0.6 is 0 Å². The van der Waals surface area contributed by atoms with Gasteiger partial charge in [0.15, 0.2) is 0 Å². The normalized spacial score (nSPS) is 18.8. The zero-order chi connectivity index (χ0) is 14.7. The maximum atomic E-state index is 12.1. The van der Waals surface area contributed by atoms with Gasteiger partial charge >= 0.3 is 11.8 Å². The number of benzene rings is 1. The van der Waals surface area contributed by atoms with E-state index in [9.17, 15) is 9.59 Å². The molecule has 1 N–H and O–H groups in total. The van der Waals surface area contributed by atoms with E-state index >= 15 is 0 Å². The van der Waals surface area contributed by atoms with Gasteiger partial charge in [-0.25, -0.2) is 0 Å². The minimum Gasteiger partial charge on any atom is -0.334 e. The second kappa shape index (κ2) is 6.07. The van der Waals surface area contributed by atoms with Crippen molar-refractivity contribution in [2.75, 3.05) is 18.4 Å². The van der Waals surface area contributed by atoms with Crippen LogP contribution in [0.1, 0.15) is 30.9 Å². The first-order valence-corrected chi connectivity index (χ1v) is 7.14. The van der Waals surface area contributed by atoms with Gasteiger partial charge in [0.2, 0.25) is 0 Å². The first-order chi connectivity index (χ1) is 9.45. The maximum Gasteiger partial charge on any atom is 0.313 e. The molecule has 2 rings (SSSR count). The number of hydrogen-bond donors (Lipinski definition) is 1. The van der Waals surface area contributed by atoms with E-state index in [0.29, 0.717) is 24.7 Å². The van der Waals surface area contributed by atoms with Crippen molar-refractivity contribution in [1.82, 2.24) is 4.90 Å². The fourth-order valence-electron chi connectivity index (χ4n) is 2.75. The molecule has 1 atom stereocenters. The molecule has 1 heterocycles. The highest BCUT2D eigenvalue weighted by atomic mass is 16.2. The highest BCUT2D eigenvalue weighted by Crippen LogP contribution is 2.17. The van der Waals surface area contributed by atoms with Gasteiger partial charge in [-0.05, 0) is 55.9 Å². The molecular weight excluding hydrogens is 252 g/mol. The minimum atomic E-state index is -0.538. The van der Waals surface area contributed by atoms with Crippen LogP contribution in [0.25, 0.3) is 0 Å². The summed E-state index contributed by atoms with van der Waals surface area (Å²) in [7, 11) is 0. The molecule has 1 saturated heterocycles. The molecule has 1 aromatic carbocycles. The van der Waals surface area contributed by atoms with Crippen LogP contribution in [0.5, 0.6) is 0 Å². The van der Waals surface area contributed by atoms with Crippen LogP contribution in [0.4, 0.5) is 5.69 Å². The molecule has 4 nitrogen and oxygen atoms in total. The van der Waals surface area contributed by atoms with E-state index in [1.165, 1.54) is 0 Å². The van der Waals surface area contributed by atoms with E-state index in [0.717, 1.165) is 24.0 Å². The number of anilines is 1. The van der Waals surface area contributed by atoms with Gasteiger partial charge in [0.1, 0.15) is 0 Å². The van der Waals surface area contributed by atoms with Gasteiger partial charge in [-0.15, -0.1) is 0 Å². The van der Waals surface area contributed by atoms with Crippen molar-refractivity contribution in [3.05, 3.63) is 29.3 Å². The highest BCUT2D eigenvalue weighted by molar-refractivity contribution is 6.39. The number of amides is 2. The summed E-state index contributed by atoms with van der Waals surface area (Å²) in [5, 5.41) is 2.71. The summed E-state index contributed by atoms with van der Waals surface area (Å²) in [6, 6.07) is 5.78. The second-order valence-corrected chi connectivity index (χ2v) is 5.83. The Balaban J connectivity index is 2.02. The Morgan fingerprint density at radius 3 is 2.45 bits per heavy atom. The van der Waals surface area contributed by atoms with Crippen LogP contribution < -0.4 is 5.32 Å². The van der Waals surface area contributed by atoms with Crippen LogP contribution in [-0.2, 0) is 9.59 Å². The first kappa shape index (κ1) is 14.6. The lowest BCUT2D eigenvalue weighted by Crippen LogP contribution is -2.44. The van der Waals surface area contributed by atoms with Crippen LogP contribution in [0, 0.1) is 19.8 Å². The number of carbonyl (C=O) groups excluding carboxylic acids is 2. The third kappa shape index (κ3) is 3.59. The Labute approximate surface area is 120 Å². The molecule has 0 aromatic heterocycles. The van der Waals surface area contributed by atoms with Crippen molar-refractivity contribution in [2.24, 2.45) is 5.92 Å². The summed E-state index contributed by atoms with van der Waals surface area (Å²) in [5.74, 6) is -0.485. The number of piperidine rings is 1. The van der Waals surface area contributed by atoms with E-state index in [1.54, 1.807) is 4.90 Å². The van der Waals surface area contributed by atoms with Crippen LogP contribution in [-0.4, -0.2) is 29.8 Å². The van der Waals surface area contributed by atoms with Gasteiger partial charge < -0.3 is 10.2 Å². The molecule has 1 aromatic rings. The number of nitrogens with zero attached hydrogens (tertiary/aromatic N) is 1. The number of nitrogens with one attached hydrogen (secondary N) is 1. The largest absolute Gasteiger partial charge is 0.334 e. The van der Waals surface area contributed by atoms with Crippen molar-refractivity contribution in [1.29, 1.82) is 0 Å². The molecule has 1 fully saturated rings. The summed E-state index contributed by atoms with van der Waals surface area (Å²) >= 11 is 0. The highest BCUT2D eigenvalue weighted by Gasteiger charge is 2.26. The Morgan fingerprint density at radius 1 is 1.20 bits per heavy atom. The lowest BCUT2D eigenvalue weighted by molar-refractivity contribution is -0.144. The predicted molar refractivity (Wildman–Crippen MR) is 79.5 cm³/mol. The Kier molecular flexibility index (Phi) is 4.42. The summed E-state index contributed by atoms with van der Waals surface area (Å²) in [6.07, 6.45) is 2.10. The van der Waals surface area contributed by atoms with Crippen molar-refractivity contribution >= 4 is 17.5 Å². The van der Waals surface area contributed by atoms with Gasteiger partial charge in [-0.2, -0.15) is 0 Å². The van der Waals surface area contributed by atoms with Crippen molar-refractivity contribution in [3.63, 3.8) is 0 Å². The summed E-state index contributed by atoms with van der Waals surface area (Å²) in [5.41, 5.74) is 2.82. The smallest absolute Gasteiger partial charge is 0.313 e. The predicted octanol–water partition coefficient (Wildman–Crippen LogP) is 2.50. The third-order valence-corrected chi connectivity index (χ3v) is 3.62. The first-order valence-electron chi connectivity index (χ1n) is 7.14. The molecule has 108 valence electrons. The topological polar surface area (TPSA) is 49.4 Å². The number of hydrogen-bond acceptors (Lipinski definition) is 2. The van der Waals surface area contributed by atoms with Crippen molar-refractivity contribution in [2.45, 2.75) is 33.6 Å². The van der Waals surface area contributed by atoms with Crippen LogP contribution in [0.15, 0.2) is 18.2 Å². The Hall–Kier alpha value is -1.84. The zero-order valence-electron chi connectivity index (χ0n) is 12.4. The number of rotatable bonds is 1. The summed E-state index contributed by atoms with van der Waals surface area (Å²) in [6.45, 7) is 7.41. The molecule has 0 aliphatic carbocycles. The SMILES string of the molecule is Cc1cc(C)cc(NC(=O)C(=O)N2CCCC(C)C2)c1. The number of likely N-dealkylation sites (tertiary alicyclic amines) is 1. The van der Waals surface area contributed by atoms with E-state index in [-0.39, 0.29) is 0 Å². The average Bonchev–Trinajstić information content (AvgIpc) is 2.36. The lowest BCUT2D eigenvalue weighted by atomic mass is 10.0. The van der Waals surface area contributed by atoms with Gasteiger partial charge in [0, 0.05) is 18.8 Å². The summed E-state index contributed by atoms with van der Waals surface area (Å²) < 4.78 is 0. The van der Waals surface area contributed by atoms with E-state index in [2.05, 4.69) is 12.2 Å². The van der Waals surface area contributed by atoms with Crippen molar-refractivity contribution < 1.29 is 9.59 Å². The van der Waals surface area contributed by atoms with Crippen LogP contribution in [0.2, 0.25) is 0 Å². The molecule has 20 heavy (non-hydrogen) atoms. The molecule has 1 aliphatic rings. The molecule has 0 radical (unpaired) electrons. The molecule has 4 heteroatoms. The standard InChI is InChI=1S/C16H22N2O2/c1-11-5-4-6-18(10-11)16(20)15(19)17-14-8-12(2)7-13(3)9-14/h7-9,11H,4-6,10H2,1-3H3,(H,17,19). The third-order valence-electron chi connectivity index (χ3n) is 3.62. The fourth-order valence-corrected chi connectivity index (χ4v) is 2.75. The van der Waals surface area contributed by atoms with Gasteiger partial charge in [-0.3, -0.25) is 9.59 Å². The average molecular weight is 274 g/mol. The zero-order valence-corrected chi connectivity index (χ0v) is 12.4. The van der Waals surface area contributed by atoms with Crippen LogP contribution in [0.3, 0.4) is 0 Å². The quantitative estimate of drug-likeness (QED) is 0.800. The minimum absolute atomic E-state index is 0.421. The molecule has 0 saturated carbocycles. The Morgan fingerprint density at radius 2 is 1.85 bits per heavy atom. The number of carbonyl (C=O) groups is 2. The molecule has 1 aliphatic heterocycles. The maximum absolute atomic E-state index is 12.1.